The van der Waals surface area contributed by atoms with E-state index < -0.39 is 5.91 Å². The average Bonchev–Trinajstić information content (AvgIpc) is 3.13. The van der Waals surface area contributed by atoms with Crippen molar-refractivity contribution >= 4 is 34.5 Å². The highest BCUT2D eigenvalue weighted by Crippen LogP contribution is 2.34. The van der Waals surface area contributed by atoms with Crippen LogP contribution in [0, 0.1) is 11.7 Å². The third kappa shape index (κ3) is 3.96. The van der Waals surface area contributed by atoms with Crippen LogP contribution in [0.1, 0.15) is 42.1 Å². The van der Waals surface area contributed by atoms with E-state index in [0.29, 0.717) is 22.6 Å². The molecule has 0 radical (unpaired) electrons. The molecule has 8 heteroatoms. The maximum absolute atomic E-state index is 13.4. The van der Waals surface area contributed by atoms with Gasteiger partial charge in [0.2, 0.25) is 0 Å². The first-order valence-electron chi connectivity index (χ1n) is 9.68. The quantitative estimate of drug-likeness (QED) is 0.642. The summed E-state index contributed by atoms with van der Waals surface area (Å²) in [4.78, 5) is 20.5. The van der Waals surface area contributed by atoms with E-state index in [1.54, 1.807) is 25.5 Å². The number of carbonyl (C=O) groups excluding carboxylic acids is 1. The Morgan fingerprint density at radius 2 is 2.17 bits per heavy atom. The largest absolute Gasteiger partial charge is 0.365 e. The fourth-order valence-corrected chi connectivity index (χ4v) is 3.97. The number of aromatic nitrogens is 3. The highest BCUT2D eigenvalue weighted by molar-refractivity contribution is 5.98. The van der Waals surface area contributed by atoms with Gasteiger partial charge in [-0.15, -0.1) is 0 Å². The fourth-order valence-electron chi connectivity index (χ4n) is 3.97. The van der Waals surface area contributed by atoms with Crippen molar-refractivity contribution in [2.24, 2.45) is 16.6 Å². The molecule has 3 aromatic rings. The van der Waals surface area contributed by atoms with E-state index in [4.69, 9.17) is 5.73 Å². The zero-order chi connectivity index (χ0) is 20.4. The van der Waals surface area contributed by atoms with Crippen LogP contribution in [0.15, 0.2) is 41.7 Å². The maximum Gasteiger partial charge on any atom is 0.254 e. The van der Waals surface area contributed by atoms with Crippen molar-refractivity contribution < 1.29 is 9.18 Å². The van der Waals surface area contributed by atoms with E-state index in [9.17, 15) is 9.18 Å². The van der Waals surface area contributed by atoms with Gasteiger partial charge >= 0.3 is 0 Å². The molecule has 0 spiro atoms. The molecule has 29 heavy (non-hydrogen) atoms. The minimum absolute atomic E-state index is 0.138. The van der Waals surface area contributed by atoms with Crippen molar-refractivity contribution in [1.82, 2.24) is 14.8 Å². The van der Waals surface area contributed by atoms with E-state index in [2.05, 4.69) is 20.4 Å². The van der Waals surface area contributed by atoms with Crippen LogP contribution in [0.3, 0.4) is 0 Å². The zero-order valence-electron chi connectivity index (χ0n) is 16.2. The number of nitrogens with two attached hydrogens (primary N) is 1. The van der Waals surface area contributed by atoms with Gasteiger partial charge in [-0.3, -0.25) is 14.5 Å². The molecule has 0 saturated heterocycles. The topological polar surface area (TPSA) is 98.2 Å². The number of pyridine rings is 1. The van der Waals surface area contributed by atoms with Gasteiger partial charge in [0.1, 0.15) is 11.4 Å². The van der Waals surface area contributed by atoms with E-state index >= 15 is 0 Å². The molecule has 1 amide bonds. The molecule has 1 saturated carbocycles. The number of amides is 1. The number of rotatable bonds is 5. The van der Waals surface area contributed by atoms with Crippen LogP contribution in [0.2, 0.25) is 0 Å². The Labute approximate surface area is 167 Å². The Morgan fingerprint density at radius 3 is 2.97 bits per heavy atom. The molecule has 7 nitrogen and oxygen atoms in total. The van der Waals surface area contributed by atoms with Crippen LogP contribution < -0.4 is 11.1 Å². The summed E-state index contributed by atoms with van der Waals surface area (Å²) in [5.41, 5.74) is 7.12. The van der Waals surface area contributed by atoms with Gasteiger partial charge < -0.3 is 16.0 Å². The molecule has 2 unspecified atom stereocenters. The van der Waals surface area contributed by atoms with Crippen LogP contribution in [0.25, 0.3) is 10.9 Å². The second-order valence-corrected chi connectivity index (χ2v) is 7.34. The second kappa shape index (κ2) is 7.98. The first-order chi connectivity index (χ1) is 14.0. The smallest absolute Gasteiger partial charge is 0.254 e. The molecule has 2 atom stereocenters. The number of benzene rings is 1. The van der Waals surface area contributed by atoms with Crippen molar-refractivity contribution in [3.63, 3.8) is 0 Å². The third-order valence-electron chi connectivity index (χ3n) is 5.37. The number of carbonyl (C=O) groups is 1. The minimum atomic E-state index is -0.550. The molecule has 0 aliphatic heterocycles. The second-order valence-electron chi connectivity index (χ2n) is 7.34. The first-order valence-corrected chi connectivity index (χ1v) is 9.68. The molecule has 1 aliphatic rings. The molecule has 3 N–H and O–H groups in total. The van der Waals surface area contributed by atoms with Crippen LogP contribution in [-0.2, 0) is 0 Å². The number of halogens is 1. The number of hydrogen-bond acceptors (Lipinski definition) is 5. The Morgan fingerprint density at radius 1 is 1.34 bits per heavy atom. The van der Waals surface area contributed by atoms with Gasteiger partial charge in [-0.2, -0.15) is 5.10 Å². The molecule has 1 aromatic carbocycles. The summed E-state index contributed by atoms with van der Waals surface area (Å²) in [5, 5.41) is 8.56. The summed E-state index contributed by atoms with van der Waals surface area (Å²) < 4.78 is 15.2. The van der Waals surface area contributed by atoms with Crippen molar-refractivity contribution in [3.8, 4) is 0 Å². The van der Waals surface area contributed by atoms with E-state index in [0.717, 1.165) is 31.1 Å². The molecule has 2 heterocycles. The summed E-state index contributed by atoms with van der Waals surface area (Å²) in [6.07, 6.45) is 9.54. The number of anilines is 2. The lowest BCUT2D eigenvalue weighted by Crippen LogP contribution is -2.25. The highest BCUT2D eigenvalue weighted by atomic mass is 19.1. The van der Waals surface area contributed by atoms with Crippen LogP contribution in [0.5, 0.6) is 0 Å². The van der Waals surface area contributed by atoms with Gasteiger partial charge in [0, 0.05) is 36.8 Å². The van der Waals surface area contributed by atoms with Gasteiger partial charge in [0.15, 0.2) is 5.82 Å². The predicted octanol–water partition coefficient (Wildman–Crippen LogP) is 3.84. The molecule has 0 bridgehead atoms. The fraction of sp³-hybridized carbons (Fsp3) is 0.333. The third-order valence-corrected chi connectivity index (χ3v) is 5.37. The van der Waals surface area contributed by atoms with Crippen LogP contribution in [-0.4, -0.2) is 33.9 Å². The monoisotopic (exact) mass is 394 g/mol. The Kier molecular flexibility index (Phi) is 5.24. The Hall–Kier alpha value is -3.29. The van der Waals surface area contributed by atoms with Gasteiger partial charge in [-0.05, 0) is 31.0 Å². The lowest BCUT2D eigenvalue weighted by atomic mass is 9.85. The summed E-state index contributed by atoms with van der Waals surface area (Å²) in [6.45, 7) is 0. The molecular formula is C21H23FN6O. The van der Waals surface area contributed by atoms with Crippen LogP contribution in [0.4, 0.5) is 15.9 Å². The Bertz CT molecular complexity index is 1080. The van der Waals surface area contributed by atoms with Gasteiger partial charge in [-0.1, -0.05) is 12.8 Å². The molecule has 4 rings (SSSR count). The summed E-state index contributed by atoms with van der Waals surface area (Å²) in [5.74, 6) is -0.220. The van der Waals surface area contributed by atoms with E-state index in [-0.39, 0.29) is 17.8 Å². The normalized spacial score (nSPS) is 19.7. The molecule has 1 aliphatic carbocycles. The molecule has 2 aromatic heterocycles. The average molecular weight is 394 g/mol. The number of hydrogen-bond donors (Lipinski definition) is 2. The maximum atomic E-state index is 13.4. The van der Waals surface area contributed by atoms with Crippen molar-refractivity contribution in [2.75, 3.05) is 12.4 Å². The minimum Gasteiger partial charge on any atom is -0.365 e. The Balaban J connectivity index is 1.66. The summed E-state index contributed by atoms with van der Waals surface area (Å²) in [6, 6.07) is 6.39. The number of nitrogens with one attached hydrogen (secondary N) is 1. The zero-order valence-corrected chi connectivity index (χ0v) is 16.2. The van der Waals surface area contributed by atoms with E-state index in [1.165, 1.54) is 12.1 Å². The van der Waals surface area contributed by atoms with Gasteiger partial charge in [-0.25, -0.2) is 4.39 Å². The lowest BCUT2D eigenvalue weighted by molar-refractivity contribution is 0.100. The summed E-state index contributed by atoms with van der Waals surface area (Å²) >= 11 is 0. The van der Waals surface area contributed by atoms with Gasteiger partial charge in [0.05, 0.1) is 23.4 Å². The number of primary amides is 1. The molecule has 150 valence electrons. The standard InChI is InChI=1S/C21H23FN6O/c1-24-10-14-4-2-3-5-19(14)28-12-17(20(23)29)21(27-28)26-16-8-13-6-7-15(22)9-18(13)25-11-16/h6-12,14,19H,2-5H2,1H3,(H2,23,29)(H,26,27). The number of nitrogens with zero attached hydrogens (tertiary/aromatic N) is 4. The number of fused-ring (bicyclic) bond motifs is 1. The molecule has 1 fully saturated rings. The highest BCUT2D eigenvalue weighted by Gasteiger charge is 2.27. The predicted molar refractivity (Wildman–Crippen MR) is 111 cm³/mol. The van der Waals surface area contributed by atoms with Crippen LogP contribution >= 0.6 is 0 Å². The lowest BCUT2D eigenvalue weighted by Gasteiger charge is -2.29. The van der Waals surface area contributed by atoms with Crippen molar-refractivity contribution in [3.05, 3.63) is 48.0 Å². The van der Waals surface area contributed by atoms with E-state index in [1.807, 2.05) is 17.0 Å². The van der Waals surface area contributed by atoms with Crippen molar-refractivity contribution in [2.45, 2.75) is 31.7 Å². The van der Waals surface area contributed by atoms with Gasteiger partial charge in [0.25, 0.3) is 5.91 Å². The first kappa shape index (κ1) is 19.0. The molecular weight excluding hydrogens is 371 g/mol. The summed E-state index contributed by atoms with van der Waals surface area (Å²) in [7, 11) is 1.77. The number of aliphatic imine (C=N–C) groups is 1. The van der Waals surface area contributed by atoms with Crippen molar-refractivity contribution in [1.29, 1.82) is 0 Å². The SMILES string of the molecule is CN=CC1CCCCC1n1cc(C(N)=O)c(Nc2cnc3cc(F)ccc3c2)n1.